The first-order chi connectivity index (χ1) is 31.2. The quantitative estimate of drug-likeness (QED) is 0.0552. The lowest BCUT2D eigenvalue weighted by Crippen LogP contribution is -2.66. The Morgan fingerprint density at radius 1 is 0.507 bits per heavy atom. The van der Waals surface area contributed by atoms with E-state index in [1.807, 2.05) is 93.6 Å². The largest absolute Gasteiger partial charge is 0.481 e. The lowest BCUT2D eigenvalue weighted by Gasteiger charge is -2.43. The normalized spacial score (nSPS) is 13.3. The van der Waals surface area contributed by atoms with Crippen molar-refractivity contribution >= 4 is 61.2 Å². The maximum atomic E-state index is 13.0. The number of aliphatic carboxylic acids is 1. The number of carbonyl (C=O) groups excluding carboxylic acids is 3. The number of hydrogen-bond donors (Lipinski definition) is 1. The van der Waals surface area contributed by atoms with Crippen LogP contribution in [0.3, 0.4) is 0 Å². The van der Waals surface area contributed by atoms with Gasteiger partial charge < -0.3 is 23.4 Å². The van der Waals surface area contributed by atoms with E-state index >= 15 is 0 Å². The third-order valence-corrected chi connectivity index (χ3v) is 21.4. The highest BCUT2D eigenvalue weighted by Gasteiger charge is 2.51. The van der Waals surface area contributed by atoms with Gasteiger partial charge >= 0.3 is 17.9 Å². The molecule has 0 bridgehead atoms. The van der Waals surface area contributed by atoms with Crippen LogP contribution in [0.4, 0.5) is 0 Å². The molecule has 1 N–H and O–H groups in total. The number of nitrogens with zero attached hydrogens (tertiary/aromatic N) is 1. The Bertz CT molecular complexity index is 2060. The maximum absolute atomic E-state index is 13.0. The minimum Gasteiger partial charge on any atom is -0.481 e. The van der Waals surface area contributed by atoms with Gasteiger partial charge in [-0.15, -0.1) is 0 Å². The Labute approximate surface area is 402 Å². The van der Waals surface area contributed by atoms with Gasteiger partial charge in [0.25, 0.3) is 16.6 Å². The van der Waals surface area contributed by atoms with Gasteiger partial charge in [-0.2, -0.15) is 0 Å². The molecule has 0 aliphatic rings. The Kier molecular flexibility index (Phi) is 20.5. The first-order valence-corrected chi connectivity index (χ1v) is 27.0. The van der Waals surface area contributed by atoms with Gasteiger partial charge in [0, 0.05) is 20.3 Å². The van der Waals surface area contributed by atoms with Crippen molar-refractivity contribution in [3.05, 3.63) is 121 Å². The van der Waals surface area contributed by atoms with Gasteiger partial charge in [0.1, 0.15) is 11.2 Å². The number of benzene rings is 4. The lowest BCUT2D eigenvalue weighted by atomic mass is 10.0. The molecular weight excluding hydrogens is 879 g/mol. The summed E-state index contributed by atoms with van der Waals surface area (Å²) in [5.74, 6) is -3.68. The molecule has 4 aromatic rings. The highest BCUT2D eigenvalue weighted by atomic mass is 28.4. The Hall–Kier alpha value is -4.93. The molecule has 0 saturated carbocycles. The van der Waals surface area contributed by atoms with Crippen LogP contribution in [0.2, 0.25) is 10.1 Å². The van der Waals surface area contributed by atoms with Gasteiger partial charge in [0.05, 0.1) is 31.8 Å². The molecule has 13 heteroatoms. The van der Waals surface area contributed by atoms with Crippen molar-refractivity contribution in [2.24, 2.45) is 11.8 Å². The van der Waals surface area contributed by atoms with E-state index in [0.29, 0.717) is 13.0 Å². The first-order valence-electron chi connectivity index (χ1n) is 23.2. The number of rotatable bonds is 19. The fourth-order valence-electron chi connectivity index (χ4n) is 8.37. The van der Waals surface area contributed by atoms with Crippen LogP contribution >= 0.6 is 0 Å². The summed E-state index contributed by atoms with van der Waals surface area (Å²) in [6.07, 6.45) is 0.403. The average molecular weight is 956 g/mol. The van der Waals surface area contributed by atoms with E-state index < -0.39 is 57.6 Å². The van der Waals surface area contributed by atoms with E-state index in [0.717, 1.165) is 15.4 Å². The summed E-state index contributed by atoms with van der Waals surface area (Å²) >= 11 is 0. The molecule has 0 saturated heterocycles. The van der Waals surface area contributed by atoms with E-state index in [1.54, 1.807) is 27.8 Å². The van der Waals surface area contributed by atoms with E-state index in [2.05, 4.69) is 90.1 Å². The van der Waals surface area contributed by atoms with E-state index in [1.165, 1.54) is 17.5 Å². The fourth-order valence-corrected chi connectivity index (χ4v) is 17.5. The van der Waals surface area contributed by atoms with Crippen LogP contribution in [0, 0.1) is 11.8 Å². The summed E-state index contributed by atoms with van der Waals surface area (Å²) < 4.78 is 24.5. The summed E-state index contributed by atoms with van der Waals surface area (Å²) in [6.45, 7) is 24.5. The summed E-state index contributed by atoms with van der Waals surface area (Å²) in [5.41, 5.74) is -1.27. The average Bonchev–Trinajstić information content (AvgIpc) is 3.24. The number of ether oxygens (including phenoxy) is 2. The first kappa shape index (κ1) is 56.4. The van der Waals surface area contributed by atoms with Crippen molar-refractivity contribution in [3.63, 3.8) is 0 Å². The molecular formula is C54H77NO10Si2. The van der Waals surface area contributed by atoms with Crippen molar-refractivity contribution in [2.75, 3.05) is 27.4 Å². The van der Waals surface area contributed by atoms with Crippen molar-refractivity contribution in [1.82, 2.24) is 5.06 Å². The van der Waals surface area contributed by atoms with Gasteiger partial charge in [-0.25, -0.2) is 5.06 Å². The summed E-state index contributed by atoms with van der Waals surface area (Å²) in [6, 6.07) is 41.1. The predicted octanol–water partition coefficient (Wildman–Crippen LogP) is 8.71. The standard InChI is InChI=1S/C28H41NO5Si.C26H36O5Si/c1-27(2,3)34-25(30)21-22(26(31)29(7)32-8)19-20-33-35(28(4,5)6,23-15-11-9-12-16-23)24-17-13-10-14-18-24;1-25(2,3)31-23(27)19-20(24(28)29)17-18-30-32(26(4,5)6,21-13-9-7-10-14-21)22-15-11-8-12-16-22/h9-18,22H,19-21H2,1-8H3;7-16,20H,17-19H2,1-6H3,(H,28,29). The molecule has 0 fully saturated rings. The second-order valence-electron chi connectivity index (χ2n) is 20.9. The van der Waals surface area contributed by atoms with Crippen LogP contribution < -0.4 is 20.7 Å². The number of carbonyl (C=O) groups is 4. The monoisotopic (exact) mass is 956 g/mol. The summed E-state index contributed by atoms with van der Waals surface area (Å²) in [4.78, 5) is 54.8. The molecule has 67 heavy (non-hydrogen) atoms. The van der Waals surface area contributed by atoms with Gasteiger partial charge in [-0.1, -0.05) is 163 Å². The second-order valence-corrected chi connectivity index (χ2v) is 29.5. The molecule has 0 radical (unpaired) electrons. The third-order valence-electron chi connectivity index (χ3n) is 11.4. The van der Waals surface area contributed by atoms with Gasteiger partial charge in [0.2, 0.25) is 5.91 Å². The predicted molar refractivity (Wildman–Crippen MR) is 272 cm³/mol. The second kappa shape index (κ2) is 24.4. The Morgan fingerprint density at radius 3 is 1.04 bits per heavy atom. The Morgan fingerprint density at radius 2 is 0.791 bits per heavy atom. The summed E-state index contributed by atoms with van der Waals surface area (Å²) in [5, 5.41) is 15.1. The van der Waals surface area contributed by atoms with Crippen molar-refractivity contribution < 1.29 is 47.4 Å². The SMILES string of the molecule is CC(C)(C)OC(=O)CC(CCO[Si](c1ccccc1)(c1ccccc1)C(C)(C)C)C(=O)O.CON(C)C(=O)C(CCO[Si](c1ccccc1)(c1ccccc1)C(C)(C)C)CC(=O)OC(C)(C)C. The number of amides is 1. The van der Waals surface area contributed by atoms with Crippen molar-refractivity contribution in [1.29, 1.82) is 0 Å². The number of esters is 2. The molecule has 0 aliphatic carbocycles. The van der Waals surface area contributed by atoms with E-state index in [4.69, 9.17) is 23.2 Å². The van der Waals surface area contributed by atoms with Crippen LogP contribution in [-0.2, 0) is 42.3 Å². The molecule has 4 rings (SSSR count). The van der Waals surface area contributed by atoms with Crippen LogP contribution in [-0.4, -0.2) is 89.2 Å². The van der Waals surface area contributed by atoms with Crippen LogP contribution in [0.1, 0.15) is 109 Å². The lowest BCUT2D eigenvalue weighted by molar-refractivity contribution is -0.177. The molecule has 366 valence electrons. The third kappa shape index (κ3) is 16.1. The number of hydroxylamine groups is 2. The van der Waals surface area contributed by atoms with Gasteiger partial charge in [0.15, 0.2) is 0 Å². The maximum Gasteiger partial charge on any atom is 0.307 e. The van der Waals surface area contributed by atoms with E-state index in [-0.39, 0.29) is 41.9 Å². The fraction of sp³-hybridized carbons (Fsp3) is 0.481. The van der Waals surface area contributed by atoms with Gasteiger partial charge in [-0.05, 0) is 85.2 Å². The van der Waals surface area contributed by atoms with Crippen LogP contribution in [0.15, 0.2) is 121 Å². The zero-order chi connectivity index (χ0) is 50.3. The minimum atomic E-state index is -2.74. The molecule has 1 amide bonds. The Balaban J connectivity index is 0.000000357. The van der Waals surface area contributed by atoms with Crippen LogP contribution in [0.5, 0.6) is 0 Å². The molecule has 2 atom stereocenters. The molecule has 0 heterocycles. The van der Waals surface area contributed by atoms with Gasteiger partial charge in [-0.3, -0.25) is 24.0 Å². The number of carboxylic acid groups (broad SMARTS) is 1. The molecule has 0 aromatic heterocycles. The highest BCUT2D eigenvalue weighted by Crippen LogP contribution is 2.38. The van der Waals surface area contributed by atoms with Crippen LogP contribution in [0.25, 0.3) is 0 Å². The zero-order valence-electron chi connectivity index (χ0n) is 42.5. The molecule has 0 spiro atoms. The van der Waals surface area contributed by atoms with Crippen molar-refractivity contribution in [3.8, 4) is 0 Å². The molecule has 2 unspecified atom stereocenters. The molecule has 0 aliphatic heterocycles. The minimum absolute atomic E-state index is 0.0338. The zero-order valence-corrected chi connectivity index (χ0v) is 44.5. The smallest absolute Gasteiger partial charge is 0.307 e. The van der Waals surface area contributed by atoms with E-state index in [9.17, 15) is 24.3 Å². The highest BCUT2D eigenvalue weighted by molar-refractivity contribution is 7.00. The summed E-state index contributed by atoms with van der Waals surface area (Å²) in [7, 11) is -2.49. The van der Waals surface area contributed by atoms with Crippen molar-refractivity contribution in [2.45, 2.75) is 130 Å². The topological polar surface area (TPSA) is 138 Å². The number of carboxylic acids is 1. The molecule has 4 aromatic carbocycles. The molecule has 11 nitrogen and oxygen atoms in total. The number of hydrogen-bond acceptors (Lipinski definition) is 9.